The summed E-state index contributed by atoms with van der Waals surface area (Å²) >= 11 is 9.85. The first-order valence-electron chi connectivity index (χ1n) is 9.71. The van der Waals surface area contributed by atoms with Crippen LogP contribution in [0, 0.1) is 5.92 Å². The highest BCUT2D eigenvalue weighted by Gasteiger charge is 2.52. The molecule has 0 N–H and O–H groups in total. The normalized spacial score (nSPS) is 29.0. The molecule has 0 saturated heterocycles. The van der Waals surface area contributed by atoms with Gasteiger partial charge in [0.2, 0.25) is 0 Å². The first kappa shape index (κ1) is 18.9. The molecule has 3 heterocycles. The Balaban J connectivity index is 1.59. The molecule has 1 aliphatic carbocycles. The molecular formula is C22H19BrClNO4. The Hall–Kier alpha value is -2.05. The zero-order chi connectivity index (χ0) is 20.1. The molecule has 1 saturated carbocycles. The molecule has 4 unspecified atom stereocenters. The molecule has 5 nitrogen and oxygen atoms in total. The number of carbonyl (C=O) groups is 2. The van der Waals surface area contributed by atoms with Crippen molar-refractivity contribution in [1.82, 2.24) is 4.90 Å². The van der Waals surface area contributed by atoms with Crippen LogP contribution in [0.1, 0.15) is 36.6 Å². The molecule has 1 amide bonds. The molecule has 0 spiro atoms. The third kappa shape index (κ3) is 3.22. The number of hydrogen-bond acceptors (Lipinski definition) is 4. The smallest absolute Gasteiger partial charge is 0.290 e. The number of hydrogen-bond donors (Lipinski definition) is 0. The predicted octanol–water partition coefficient (Wildman–Crippen LogP) is 4.76. The third-order valence-corrected chi connectivity index (χ3v) is 6.84. The molecule has 0 bridgehead atoms. The van der Waals surface area contributed by atoms with Crippen molar-refractivity contribution in [2.75, 3.05) is 0 Å². The summed E-state index contributed by atoms with van der Waals surface area (Å²) in [6.07, 6.45) is 3.37. The Bertz CT molecular complexity index is 1000. The van der Waals surface area contributed by atoms with Gasteiger partial charge in [-0.1, -0.05) is 28.1 Å². The van der Waals surface area contributed by atoms with Crippen LogP contribution in [-0.4, -0.2) is 28.1 Å². The number of Topliss-reactive ketones (excluding diaryl/α,β-unsaturated/α-hetero) is 1. The van der Waals surface area contributed by atoms with E-state index in [0.29, 0.717) is 24.2 Å². The minimum absolute atomic E-state index is 0.0122. The van der Waals surface area contributed by atoms with E-state index in [0.717, 1.165) is 16.5 Å². The Kier molecular flexibility index (Phi) is 4.79. The number of furan rings is 1. The van der Waals surface area contributed by atoms with E-state index in [1.807, 2.05) is 30.3 Å². The van der Waals surface area contributed by atoms with Gasteiger partial charge in [0.15, 0.2) is 11.5 Å². The Labute approximate surface area is 181 Å². The van der Waals surface area contributed by atoms with Crippen LogP contribution in [-0.2, 0) is 20.9 Å². The second kappa shape index (κ2) is 7.33. The number of fused-ring (bicyclic) bond motifs is 1. The van der Waals surface area contributed by atoms with E-state index < -0.39 is 6.04 Å². The highest BCUT2D eigenvalue weighted by Crippen LogP contribution is 2.48. The second-order valence-electron chi connectivity index (χ2n) is 7.75. The molecule has 2 aliphatic heterocycles. The number of ether oxygens (including phenoxy) is 1. The van der Waals surface area contributed by atoms with Gasteiger partial charge in [-0.3, -0.25) is 9.59 Å². The van der Waals surface area contributed by atoms with Crippen molar-refractivity contribution in [2.45, 2.75) is 43.3 Å². The molecule has 5 rings (SSSR count). The maximum atomic E-state index is 13.5. The molecule has 0 radical (unpaired) electrons. The van der Waals surface area contributed by atoms with Crippen molar-refractivity contribution in [2.24, 2.45) is 5.92 Å². The molecule has 7 heteroatoms. The molecule has 1 aromatic heterocycles. The summed E-state index contributed by atoms with van der Waals surface area (Å²) in [6.45, 7) is 0.264. The average Bonchev–Trinajstić information content (AvgIpc) is 3.31. The number of nitrogens with zero attached hydrogens (tertiary/aromatic N) is 1. The number of rotatable bonds is 3. The predicted molar refractivity (Wildman–Crippen MR) is 110 cm³/mol. The number of alkyl halides is 1. The first-order valence-corrected chi connectivity index (χ1v) is 10.9. The summed E-state index contributed by atoms with van der Waals surface area (Å²) in [4.78, 5) is 28.5. The van der Waals surface area contributed by atoms with Crippen molar-refractivity contribution in [3.05, 3.63) is 69.8 Å². The van der Waals surface area contributed by atoms with Crippen LogP contribution in [0.15, 0.2) is 62.9 Å². The lowest BCUT2D eigenvalue weighted by Gasteiger charge is -2.37. The van der Waals surface area contributed by atoms with E-state index in [4.69, 9.17) is 20.8 Å². The van der Waals surface area contributed by atoms with Crippen LogP contribution in [0.3, 0.4) is 0 Å². The first-order chi connectivity index (χ1) is 14.0. The van der Waals surface area contributed by atoms with Gasteiger partial charge in [0.1, 0.15) is 11.9 Å². The number of benzene rings is 1. The number of amides is 1. The highest BCUT2D eigenvalue weighted by molar-refractivity contribution is 9.10. The zero-order valence-corrected chi connectivity index (χ0v) is 17.9. The molecule has 1 fully saturated rings. The van der Waals surface area contributed by atoms with Gasteiger partial charge < -0.3 is 14.1 Å². The monoisotopic (exact) mass is 475 g/mol. The minimum Gasteiger partial charge on any atom is -0.483 e. The summed E-state index contributed by atoms with van der Waals surface area (Å²) in [5.41, 5.74) is 1.31. The van der Waals surface area contributed by atoms with Crippen LogP contribution in [0.5, 0.6) is 0 Å². The Morgan fingerprint density at radius 1 is 1.17 bits per heavy atom. The van der Waals surface area contributed by atoms with E-state index in [2.05, 4.69) is 15.9 Å². The van der Waals surface area contributed by atoms with E-state index in [1.165, 1.54) is 0 Å². The molecule has 29 heavy (non-hydrogen) atoms. The SMILES string of the molecule is O=C1C2=C(OC3CCC(Cl)CC13)C(=O)N(Cc1ccco1)C2c1cccc(Br)c1. The van der Waals surface area contributed by atoms with Gasteiger partial charge in [-0.15, -0.1) is 11.6 Å². The Morgan fingerprint density at radius 3 is 2.79 bits per heavy atom. The lowest BCUT2D eigenvalue weighted by Crippen LogP contribution is -2.41. The number of carbonyl (C=O) groups excluding carboxylic acids is 2. The van der Waals surface area contributed by atoms with Crippen molar-refractivity contribution in [3.63, 3.8) is 0 Å². The fourth-order valence-electron chi connectivity index (χ4n) is 4.62. The fourth-order valence-corrected chi connectivity index (χ4v) is 5.35. The van der Waals surface area contributed by atoms with Gasteiger partial charge in [0.05, 0.1) is 30.3 Å². The minimum atomic E-state index is -0.510. The number of halogens is 2. The average molecular weight is 477 g/mol. The summed E-state index contributed by atoms with van der Waals surface area (Å²) < 4.78 is 12.5. The second-order valence-corrected chi connectivity index (χ2v) is 9.28. The van der Waals surface area contributed by atoms with E-state index in [-0.39, 0.29) is 41.4 Å². The maximum absolute atomic E-state index is 13.5. The van der Waals surface area contributed by atoms with E-state index >= 15 is 0 Å². The van der Waals surface area contributed by atoms with Crippen LogP contribution >= 0.6 is 27.5 Å². The van der Waals surface area contributed by atoms with Gasteiger partial charge in [-0.2, -0.15) is 0 Å². The largest absolute Gasteiger partial charge is 0.483 e. The van der Waals surface area contributed by atoms with Crippen LogP contribution < -0.4 is 0 Å². The summed E-state index contributed by atoms with van der Waals surface area (Å²) in [5.74, 6) is 0.281. The quantitative estimate of drug-likeness (QED) is 0.600. The molecule has 3 aliphatic rings. The zero-order valence-electron chi connectivity index (χ0n) is 15.5. The molecule has 2 aromatic rings. The number of ketones is 1. The van der Waals surface area contributed by atoms with Gasteiger partial charge >= 0.3 is 0 Å². The molecule has 4 atom stereocenters. The van der Waals surface area contributed by atoms with Gasteiger partial charge in [0, 0.05) is 9.85 Å². The Morgan fingerprint density at radius 2 is 2.03 bits per heavy atom. The van der Waals surface area contributed by atoms with Crippen molar-refractivity contribution in [1.29, 1.82) is 0 Å². The maximum Gasteiger partial charge on any atom is 0.290 e. The fraction of sp³-hybridized carbons (Fsp3) is 0.364. The van der Waals surface area contributed by atoms with E-state index in [1.54, 1.807) is 17.2 Å². The van der Waals surface area contributed by atoms with E-state index in [9.17, 15) is 9.59 Å². The molecule has 150 valence electrons. The third-order valence-electron chi connectivity index (χ3n) is 5.95. The van der Waals surface area contributed by atoms with Gasteiger partial charge in [-0.05, 0) is 49.1 Å². The standard InChI is InChI=1S/C22H19BrClNO4/c23-13-4-1-3-12(9-13)19-18-20(26)16-10-14(24)6-7-17(16)29-21(18)22(27)25(19)11-15-5-2-8-28-15/h1-5,8-9,14,16-17,19H,6-7,10-11H2. The summed E-state index contributed by atoms with van der Waals surface area (Å²) in [5, 5.41) is -0.0356. The topological polar surface area (TPSA) is 59.8 Å². The van der Waals surface area contributed by atoms with Crippen LogP contribution in [0.25, 0.3) is 0 Å². The highest BCUT2D eigenvalue weighted by atomic mass is 79.9. The molecular weight excluding hydrogens is 458 g/mol. The molecule has 1 aromatic carbocycles. The summed E-state index contributed by atoms with van der Waals surface area (Å²) in [6, 6.07) is 10.8. The summed E-state index contributed by atoms with van der Waals surface area (Å²) in [7, 11) is 0. The van der Waals surface area contributed by atoms with Gasteiger partial charge in [-0.25, -0.2) is 0 Å². The lowest BCUT2D eigenvalue weighted by molar-refractivity contribution is -0.135. The lowest BCUT2D eigenvalue weighted by atomic mass is 9.77. The van der Waals surface area contributed by atoms with Gasteiger partial charge in [0.25, 0.3) is 5.91 Å². The van der Waals surface area contributed by atoms with Crippen molar-refractivity contribution < 1.29 is 18.7 Å². The van der Waals surface area contributed by atoms with Crippen molar-refractivity contribution >= 4 is 39.2 Å². The van der Waals surface area contributed by atoms with Crippen LogP contribution in [0.2, 0.25) is 0 Å². The van der Waals surface area contributed by atoms with Crippen LogP contribution in [0.4, 0.5) is 0 Å². The van der Waals surface area contributed by atoms with Crippen molar-refractivity contribution in [3.8, 4) is 0 Å².